The van der Waals surface area contributed by atoms with Gasteiger partial charge in [0.05, 0.1) is 5.69 Å². The van der Waals surface area contributed by atoms with Crippen molar-refractivity contribution in [1.82, 2.24) is 10.5 Å². The lowest BCUT2D eigenvalue weighted by molar-refractivity contribution is 0.426. The molecule has 24 heavy (non-hydrogen) atoms. The van der Waals surface area contributed by atoms with E-state index >= 15 is 0 Å². The van der Waals surface area contributed by atoms with Gasteiger partial charge in [0, 0.05) is 28.7 Å². The highest BCUT2D eigenvalue weighted by molar-refractivity contribution is 9.10. The van der Waals surface area contributed by atoms with Gasteiger partial charge in [-0.3, -0.25) is 0 Å². The Bertz CT molecular complexity index is 781. The third-order valence-corrected chi connectivity index (χ3v) is 4.74. The van der Waals surface area contributed by atoms with E-state index in [1.165, 1.54) is 5.56 Å². The molecule has 3 rings (SSSR count). The molecule has 0 saturated carbocycles. The lowest BCUT2D eigenvalue weighted by atomic mass is 10.0. The molecule has 1 unspecified atom stereocenters. The average Bonchev–Trinajstić information content (AvgIpc) is 2.97. The van der Waals surface area contributed by atoms with Gasteiger partial charge in [-0.15, -0.1) is 0 Å². The molecule has 0 radical (unpaired) electrons. The highest BCUT2D eigenvalue weighted by atomic mass is 79.9. The summed E-state index contributed by atoms with van der Waals surface area (Å²) < 4.78 is 6.61. The summed E-state index contributed by atoms with van der Waals surface area (Å²) in [5.74, 6) is 1.31. The molecule has 0 spiro atoms. The van der Waals surface area contributed by atoms with Crippen molar-refractivity contribution in [3.8, 4) is 11.3 Å². The summed E-state index contributed by atoms with van der Waals surface area (Å²) in [6.07, 6.45) is 0. The second kappa shape index (κ2) is 7.77. The molecule has 3 aromatic rings. The molecular formula is C20H21BrN2O. The first-order valence-corrected chi connectivity index (χ1v) is 8.91. The molecule has 4 heteroatoms. The largest absolute Gasteiger partial charge is 0.356 e. The standard InChI is InChI=1S/C20H21BrN2O/c1-14(16-6-4-3-5-7-16)12-22-13-19-15(2)23-24-20(19)17-8-10-18(21)11-9-17/h3-11,14,22H,12-13H2,1-2H3. The quantitative estimate of drug-likeness (QED) is 0.625. The number of nitrogens with zero attached hydrogens (tertiary/aromatic N) is 1. The lowest BCUT2D eigenvalue weighted by Crippen LogP contribution is -2.20. The average molecular weight is 385 g/mol. The zero-order chi connectivity index (χ0) is 16.9. The zero-order valence-corrected chi connectivity index (χ0v) is 15.5. The van der Waals surface area contributed by atoms with Crippen molar-refractivity contribution < 1.29 is 4.52 Å². The first kappa shape index (κ1) is 16.9. The smallest absolute Gasteiger partial charge is 0.171 e. The van der Waals surface area contributed by atoms with Crippen molar-refractivity contribution in [3.05, 3.63) is 75.9 Å². The van der Waals surface area contributed by atoms with Gasteiger partial charge in [0.1, 0.15) is 0 Å². The second-order valence-corrected chi connectivity index (χ2v) is 6.94. The van der Waals surface area contributed by atoms with Gasteiger partial charge in [0.25, 0.3) is 0 Å². The van der Waals surface area contributed by atoms with Gasteiger partial charge in [0.15, 0.2) is 5.76 Å². The van der Waals surface area contributed by atoms with Gasteiger partial charge in [0.2, 0.25) is 0 Å². The summed E-state index contributed by atoms with van der Waals surface area (Å²) in [5.41, 5.74) is 4.46. The molecular weight excluding hydrogens is 364 g/mol. The third-order valence-electron chi connectivity index (χ3n) is 4.21. The summed E-state index contributed by atoms with van der Waals surface area (Å²) in [6.45, 7) is 5.88. The van der Waals surface area contributed by atoms with Gasteiger partial charge in [-0.2, -0.15) is 0 Å². The van der Waals surface area contributed by atoms with Crippen molar-refractivity contribution in [2.24, 2.45) is 0 Å². The van der Waals surface area contributed by atoms with E-state index < -0.39 is 0 Å². The molecule has 0 aliphatic carbocycles. The number of aryl methyl sites for hydroxylation is 1. The molecule has 1 N–H and O–H groups in total. The van der Waals surface area contributed by atoms with Crippen LogP contribution in [0.15, 0.2) is 63.6 Å². The summed E-state index contributed by atoms with van der Waals surface area (Å²) in [7, 11) is 0. The Balaban J connectivity index is 1.67. The molecule has 1 atom stereocenters. The van der Waals surface area contributed by atoms with Crippen LogP contribution in [0.5, 0.6) is 0 Å². The SMILES string of the molecule is Cc1noc(-c2ccc(Br)cc2)c1CNCC(C)c1ccccc1. The van der Waals surface area contributed by atoms with E-state index in [-0.39, 0.29) is 0 Å². The van der Waals surface area contributed by atoms with Crippen molar-refractivity contribution in [3.63, 3.8) is 0 Å². The van der Waals surface area contributed by atoms with E-state index in [2.05, 4.69) is 63.7 Å². The van der Waals surface area contributed by atoms with Crippen molar-refractivity contribution in [1.29, 1.82) is 0 Å². The first-order valence-electron chi connectivity index (χ1n) is 8.12. The van der Waals surface area contributed by atoms with E-state index in [4.69, 9.17) is 4.52 Å². The molecule has 3 nitrogen and oxygen atoms in total. The number of hydrogen-bond acceptors (Lipinski definition) is 3. The fraction of sp³-hybridized carbons (Fsp3) is 0.250. The zero-order valence-electron chi connectivity index (χ0n) is 13.9. The minimum absolute atomic E-state index is 0.461. The summed E-state index contributed by atoms with van der Waals surface area (Å²) in [4.78, 5) is 0. The maximum absolute atomic E-state index is 5.56. The Kier molecular flexibility index (Phi) is 5.48. The van der Waals surface area contributed by atoms with Crippen LogP contribution in [-0.4, -0.2) is 11.7 Å². The van der Waals surface area contributed by atoms with Crippen LogP contribution in [0.4, 0.5) is 0 Å². The molecule has 2 aromatic carbocycles. The molecule has 0 bridgehead atoms. The maximum Gasteiger partial charge on any atom is 0.171 e. The normalized spacial score (nSPS) is 12.3. The van der Waals surface area contributed by atoms with E-state index in [9.17, 15) is 0 Å². The highest BCUT2D eigenvalue weighted by Gasteiger charge is 2.15. The van der Waals surface area contributed by atoms with Crippen molar-refractivity contribution in [2.45, 2.75) is 26.3 Å². The van der Waals surface area contributed by atoms with E-state index in [1.807, 2.05) is 31.2 Å². The molecule has 1 heterocycles. The predicted molar refractivity (Wildman–Crippen MR) is 101 cm³/mol. The number of benzene rings is 2. The predicted octanol–water partition coefficient (Wildman–Crippen LogP) is 5.31. The Morgan fingerprint density at radius 3 is 2.50 bits per heavy atom. The number of aromatic nitrogens is 1. The Morgan fingerprint density at radius 1 is 1.08 bits per heavy atom. The van der Waals surface area contributed by atoms with Crippen LogP contribution in [0.3, 0.4) is 0 Å². The highest BCUT2D eigenvalue weighted by Crippen LogP contribution is 2.27. The van der Waals surface area contributed by atoms with Gasteiger partial charge in [-0.05, 0) is 30.5 Å². The maximum atomic E-state index is 5.56. The minimum atomic E-state index is 0.461. The van der Waals surface area contributed by atoms with Gasteiger partial charge >= 0.3 is 0 Å². The lowest BCUT2D eigenvalue weighted by Gasteiger charge is -2.13. The van der Waals surface area contributed by atoms with Crippen LogP contribution in [-0.2, 0) is 6.54 Å². The monoisotopic (exact) mass is 384 g/mol. The van der Waals surface area contributed by atoms with E-state index in [0.29, 0.717) is 5.92 Å². The van der Waals surface area contributed by atoms with Crippen LogP contribution in [0.25, 0.3) is 11.3 Å². The van der Waals surface area contributed by atoms with E-state index in [1.54, 1.807) is 0 Å². The van der Waals surface area contributed by atoms with Gasteiger partial charge in [-0.25, -0.2) is 0 Å². The molecule has 0 saturated heterocycles. The first-order chi connectivity index (χ1) is 11.6. The van der Waals surface area contributed by atoms with Crippen LogP contribution in [0.1, 0.15) is 29.7 Å². The Morgan fingerprint density at radius 2 is 1.79 bits per heavy atom. The van der Waals surface area contributed by atoms with Crippen molar-refractivity contribution in [2.75, 3.05) is 6.54 Å². The second-order valence-electron chi connectivity index (χ2n) is 6.03. The number of hydrogen-bond donors (Lipinski definition) is 1. The van der Waals surface area contributed by atoms with Crippen LogP contribution in [0, 0.1) is 6.92 Å². The number of nitrogens with one attached hydrogen (secondary N) is 1. The van der Waals surface area contributed by atoms with E-state index in [0.717, 1.165) is 40.1 Å². The van der Waals surface area contributed by atoms with Gasteiger partial charge in [-0.1, -0.05) is 70.5 Å². The molecule has 0 aliphatic rings. The Hall–Kier alpha value is -1.91. The summed E-state index contributed by atoms with van der Waals surface area (Å²) in [5, 5.41) is 7.68. The van der Waals surface area contributed by atoms with Crippen LogP contribution >= 0.6 is 15.9 Å². The summed E-state index contributed by atoms with van der Waals surface area (Å²) >= 11 is 3.46. The summed E-state index contributed by atoms with van der Waals surface area (Å²) in [6, 6.07) is 18.7. The van der Waals surface area contributed by atoms with Crippen molar-refractivity contribution >= 4 is 15.9 Å². The molecule has 124 valence electrons. The number of rotatable bonds is 6. The fourth-order valence-corrected chi connectivity index (χ4v) is 3.00. The topological polar surface area (TPSA) is 38.1 Å². The molecule has 0 fully saturated rings. The third kappa shape index (κ3) is 3.94. The Labute approximate surface area is 151 Å². The number of halogens is 1. The van der Waals surface area contributed by atoms with Crippen LogP contribution in [0.2, 0.25) is 0 Å². The molecule has 0 amide bonds. The fourth-order valence-electron chi connectivity index (χ4n) is 2.74. The molecule has 0 aliphatic heterocycles. The minimum Gasteiger partial charge on any atom is -0.356 e. The van der Waals surface area contributed by atoms with Crippen LogP contribution < -0.4 is 5.32 Å². The van der Waals surface area contributed by atoms with Gasteiger partial charge < -0.3 is 9.84 Å². The molecule has 1 aromatic heterocycles.